The van der Waals surface area contributed by atoms with E-state index in [1.807, 2.05) is 0 Å². The minimum Gasteiger partial charge on any atom is -1.00 e. The Hall–Kier alpha value is -1.66. The maximum Gasteiger partial charge on any atom is 3.00 e. The molecule has 2 aliphatic carbocycles. The average molecular weight is 494 g/mol. The van der Waals surface area contributed by atoms with Gasteiger partial charge in [-0.05, 0) is 28.7 Å². The number of hydrogen-bond donors (Lipinski definition) is 0. The molecular formula is C26H19Cl2Zr. The van der Waals surface area contributed by atoms with Crippen LogP contribution >= 0.6 is 0 Å². The molecule has 0 spiro atoms. The SMILES string of the molecule is [C-]1=C(C2c3ccccc3-c3ccccc32)C=CC1=CCc1ccccc1.[Cl-].[Cl-].[Zr+3]. The molecule has 0 aliphatic heterocycles. The third-order valence-electron chi connectivity index (χ3n) is 5.28. The average Bonchev–Trinajstić information content (AvgIpc) is 3.29. The third kappa shape index (κ3) is 4.59. The van der Waals surface area contributed by atoms with E-state index in [2.05, 4.69) is 103 Å². The molecule has 0 heterocycles. The van der Waals surface area contributed by atoms with E-state index in [-0.39, 0.29) is 51.0 Å². The Morgan fingerprint density at radius 1 is 0.690 bits per heavy atom. The molecule has 3 aromatic rings. The molecule has 3 aromatic carbocycles. The minimum absolute atomic E-state index is 0. The molecule has 0 fully saturated rings. The summed E-state index contributed by atoms with van der Waals surface area (Å²) in [6.07, 6.45) is 11.3. The second kappa shape index (κ2) is 10.4. The minimum atomic E-state index is 0. The molecule has 0 bridgehead atoms. The summed E-state index contributed by atoms with van der Waals surface area (Å²) < 4.78 is 0. The summed E-state index contributed by atoms with van der Waals surface area (Å²) in [5, 5.41) is 0. The van der Waals surface area contributed by atoms with E-state index in [1.54, 1.807) is 0 Å². The predicted octanol–water partition coefficient (Wildman–Crippen LogP) is 0.273. The maximum absolute atomic E-state index is 3.65. The molecule has 3 heteroatoms. The molecule has 0 unspecified atom stereocenters. The summed E-state index contributed by atoms with van der Waals surface area (Å²) in [7, 11) is 0. The van der Waals surface area contributed by atoms with Gasteiger partial charge in [-0.3, -0.25) is 0 Å². The maximum atomic E-state index is 3.65. The normalized spacial score (nSPS) is 14.9. The smallest absolute Gasteiger partial charge is 1.00 e. The van der Waals surface area contributed by atoms with Gasteiger partial charge in [0, 0.05) is 5.92 Å². The molecule has 1 radical (unpaired) electrons. The van der Waals surface area contributed by atoms with Crippen LogP contribution in [0.4, 0.5) is 0 Å². The zero-order valence-electron chi connectivity index (χ0n) is 15.8. The van der Waals surface area contributed by atoms with Gasteiger partial charge in [0.25, 0.3) is 0 Å². The first-order valence-corrected chi connectivity index (χ1v) is 9.14. The number of fused-ring (bicyclic) bond motifs is 3. The molecule has 0 atom stereocenters. The Morgan fingerprint density at radius 3 is 1.86 bits per heavy atom. The van der Waals surface area contributed by atoms with E-state index in [1.165, 1.54) is 39.0 Å². The fraction of sp³-hybridized carbons (Fsp3) is 0.0769. The van der Waals surface area contributed by atoms with Crippen molar-refractivity contribution in [1.29, 1.82) is 0 Å². The summed E-state index contributed by atoms with van der Waals surface area (Å²) in [6.45, 7) is 0. The standard InChI is InChI=1S/C26H19.2ClH.Zr/c1-2-8-19(9-3-1)14-15-20-16-17-21(18-20)26-24-12-6-4-10-22(24)23-11-5-7-13-25(23)26;;;/h1-13,15-17,26H,14H2;2*1H;/q-1;;;+3/p-2. The van der Waals surface area contributed by atoms with Crippen molar-refractivity contribution in [3.8, 4) is 11.1 Å². The zero-order chi connectivity index (χ0) is 17.3. The fourth-order valence-electron chi connectivity index (χ4n) is 4.05. The Morgan fingerprint density at radius 2 is 1.24 bits per heavy atom. The van der Waals surface area contributed by atoms with Crippen molar-refractivity contribution in [2.45, 2.75) is 12.3 Å². The van der Waals surface area contributed by atoms with Crippen LogP contribution in [0.1, 0.15) is 22.6 Å². The Bertz CT molecular complexity index is 1020. The van der Waals surface area contributed by atoms with Crippen molar-refractivity contribution >= 4 is 0 Å². The molecule has 141 valence electrons. The topological polar surface area (TPSA) is 0 Å². The van der Waals surface area contributed by atoms with Crippen LogP contribution < -0.4 is 24.8 Å². The van der Waals surface area contributed by atoms with Crippen LogP contribution in [0, 0.1) is 6.08 Å². The van der Waals surface area contributed by atoms with Gasteiger partial charge >= 0.3 is 26.2 Å². The van der Waals surface area contributed by atoms with E-state index in [9.17, 15) is 0 Å². The van der Waals surface area contributed by atoms with E-state index in [4.69, 9.17) is 0 Å². The molecule has 0 nitrogen and oxygen atoms in total. The van der Waals surface area contributed by atoms with Gasteiger partial charge in [0.15, 0.2) is 0 Å². The molecule has 0 amide bonds. The zero-order valence-corrected chi connectivity index (χ0v) is 19.7. The molecule has 0 N–H and O–H groups in total. The number of rotatable bonds is 3. The van der Waals surface area contributed by atoms with Crippen molar-refractivity contribution in [2.75, 3.05) is 0 Å². The van der Waals surface area contributed by atoms with E-state index in [0.29, 0.717) is 5.92 Å². The second-order valence-electron chi connectivity index (χ2n) is 6.87. The van der Waals surface area contributed by atoms with Gasteiger partial charge in [-0.15, -0.1) is 11.6 Å². The summed E-state index contributed by atoms with van der Waals surface area (Å²) in [5.41, 5.74) is 9.29. The molecule has 2 aliphatic rings. The van der Waals surface area contributed by atoms with Gasteiger partial charge in [0.1, 0.15) is 0 Å². The largest absolute Gasteiger partial charge is 3.00 e. The van der Waals surface area contributed by atoms with Gasteiger partial charge in [-0.2, -0.15) is 23.8 Å². The molecular weight excluding hydrogens is 474 g/mol. The first-order chi connectivity index (χ1) is 12.9. The van der Waals surface area contributed by atoms with E-state index in [0.717, 1.165) is 6.42 Å². The first kappa shape index (κ1) is 23.6. The van der Waals surface area contributed by atoms with Crippen molar-refractivity contribution in [3.63, 3.8) is 0 Å². The van der Waals surface area contributed by atoms with Crippen molar-refractivity contribution in [1.82, 2.24) is 0 Å². The van der Waals surface area contributed by atoms with Crippen LogP contribution in [0.2, 0.25) is 0 Å². The van der Waals surface area contributed by atoms with Crippen LogP contribution in [0.5, 0.6) is 0 Å². The van der Waals surface area contributed by atoms with Gasteiger partial charge in [-0.25, -0.2) is 0 Å². The summed E-state index contributed by atoms with van der Waals surface area (Å²) in [6, 6.07) is 28.1. The molecule has 0 saturated carbocycles. The van der Waals surface area contributed by atoms with Crippen molar-refractivity contribution in [3.05, 3.63) is 131 Å². The van der Waals surface area contributed by atoms with E-state index < -0.39 is 0 Å². The number of halogens is 2. The third-order valence-corrected chi connectivity index (χ3v) is 5.28. The number of hydrogen-bond acceptors (Lipinski definition) is 0. The van der Waals surface area contributed by atoms with Crippen LogP contribution in [0.15, 0.2) is 108 Å². The fourth-order valence-corrected chi connectivity index (χ4v) is 4.05. The predicted molar refractivity (Wildman–Crippen MR) is 108 cm³/mol. The number of allylic oxidation sites excluding steroid dienone is 6. The second-order valence-corrected chi connectivity index (χ2v) is 6.87. The summed E-state index contributed by atoms with van der Waals surface area (Å²) in [4.78, 5) is 0. The van der Waals surface area contributed by atoms with Crippen molar-refractivity contribution in [2.24, 2.45) is 0 Å². The molecule has 0 saturated heterocycles. The monoisotopic (exact) mass is 491 g/mol. The summed E-state index contributed by atoms with van der Waals surface area (Å²) >= 11 is 0. The van der Waals surface area contributed by atoms with Crippen molar-refractivity contribution < 1.29 is 51.0 Å². The van der Waals surface area contributed by atoms with Crippen LogP contribution in [0.3, 0.4) is 0 Å². The van der Waals surface area contributed by atoms with Gasteiger partial charge in [0.05, 0.1) is 0 Å². The Labute approximate surface area is 204 Å². The van der Waals surface area contributed by atoms with Gasteiger partial charge in [0.2, 0.25) is 0 Å². The molecule has 5 rings (SSSR count). The first-order valence-electron chi connectivity index (χ1n) is 9.14. The summed E-state index contributed by atoms with van der Waals surface area (Å²) in [5.74, 6) is 0.293. The van der Waals surface area contributed by atoms with Crippen LogP contribution in [-0.4, -0.2) is 0 Å². The van der Waals surface area contributed by atoms with Crippen LogP contribution in [0.25, 0.3) is 11.1 Å². The van der Waals surface area contributed by atoms with Gasteiger partial charge < -0.3 is 24.8 Å². The molecule has 29 heavy (non-hydrogen) atoms. The molecule has 0 aromatic heterocycles. The quantitative estimate of drug-likeness (QED) is 0.460. The van der Waals surface area contributed by atoms with E-state index >= 15 is 0 Å². The van der Waals surface area contributed by atoms with Gasteiger partial charge in [-0.1, -0.05) is 84.4 Å². The number of benzene rings is 3. The Kier molecular flexibility index (Phi) is 8.47. The van der Waals surface area contributed by atoms with Crippen LogP contribution in [-0.2, 0) is 32.6 Å². The Balaban J connectivity index is 0.000001000.